The Morgan fingerprint density at radius 1 is 0.692 bits per heavy atom. The second-order valence-corrected chi connectivity index (χ2v) is 4.90. The zero-order chi connectivity index (χ0) is 21.6. The Labute approximate surface area is 135 Å². The van der Waals surface area contributed by atoms with Crippen molar-refractivity contribution in [2.45, 2.75) is 48.6 Å². The number of hydrogen-bond acceptors (Lipinski definition) is 1. The van der Waals surface area contributed by atoms with Crippen LogP contribution >= 0.6 is 0 Å². The molecule has 2 nitrogen and oxygen atoms in total. The quantitative estimate of drug-likeness (QED) is 0.438. The van der Waals surface area contributed by atoms with E-state index in [1.807, 2.05) is 0 Å². The molecule has 0 unspecified atom stereocenters. The lowest BCUT2D eigenvalue weighted by atomic mass is 9.90. The van der Waals surface area contributed by atoms with Crippen molar-refractivity contribution in [1.29, 1.82) is 0 Å². The van der Waals surface area contributed by atoms with Crippen molar-refractivity contribution in [3.8, 4) is 0 Å². The number of carbonyl (C=O) groups is 1. The van der Waals surface area contributed by atoms with Gasteiger partial charge in [0.2, 0.25) is 0 Å². The lowest BCUT2D eigenvalue weighted by molar-refractivity contribution is -0.397. The number of alkyl halides is 13. The lowest BCUT2D eigenvalue weighted by Gasteiger charge is -2.39. The van der Waals surface area contributed by atoms with Gasteiger partial charge in [0.25, 0.3) is 0 Å². The fourth-order valence-corrected chi connectivity index (χ4v) is 1.40. The molecule has 0 amide bonds. The number of rotatable bonds is 8. The highest BCUT2D eigenvalue weighted by atomic mass is 19.4. The van der Waals surface area contributed by atoms with E-state index in [1.54, 1.807) is 6.58 Å². The minimum Gasteiger partial charge on any atom is -0.478 e. The fraction of sp³-hybridized carbons (Fsp3) is 0.727. The van der Waals surface area contributed by atoms with E-state index in [9.17, 15) is 61.9 Å². The van der Waals surface area contributed by atoms with Gasteiger partial charge in [-0.05, 0) is 0 Å². The first-order chi connectivity index (χ1) is 11.1. The molecule has 15 heteroatoms. The summed E-state index contributed by atoms with van der Waals surface area (Å²) in [4.78, 5) is 10.2. The molecule has 0 fully saturated rings. The average Bonchev–Trinajstić information content (AvgIpc) is 2.42. The van der Waals surface area contributed by atoms with Gasteiger partial charge in [-0.25, -0.2) is 4.79 Å². The van der Waals surface area contributed by atoms with Crippen LogP contribution in [0.4, 0.5) is 57.1 Å². The van der Waals surface area contributed by atoms with Crippen molar-refractivity contribution in [3.63, 3.8) is 0 Å². The van der Waals surface area contributed by atoms with Gasteiger partial charge < -0.3 is 5.11 Å². The zero-order valence-corrected chi connectivity index (χ0v) is 11.9. The summed E-state index contributed by atoms with van der Waals surface area (Å²) in [6.07, 6.45) is -11.5. The molecule has 26 heavy (non-hydrogen) atoms. The summed E-state index contributed by atoms with van der Waals surface area (Å²) in [6, 6.07) is 0. The number of aliphatic carboxylic acids is 1. The highest BCUT2D eigenvalue weighted by Gasteiger charge is 2.86. The van der Waals surface area contributed by atoms with Crippen molar-refractivity contribution < 1.29 is 67.0 Å². The second-order valence-electron chi connectivity index (χ2n) is 4.90. The monoisotopic (exact) mass is 418 g/mol. The van der Waals surface area contributed by atoms with Gasteiger partial charge in [-0.15, -0.1) is 0 Å². The Bertz CT molecular complexity index is 561. The molecule has 0 aromatic carbocycles. The van der Waals surface area contributed by atoms with E-state index in [1.165, 1.54) is 0 Å². The summed E-state index contributed by atoms with van der Waals surface area (Å²) in [5.74, 6) is -38.7. The highest BCUT2D eigenvalue weighted by Crippen LogP contribution is 2.59. The molecule has 154 valence electrons. The van der Waals surface area contributed by atoms with Crippen LogP contribution in [0.5, 0.6) is 0 Å². The SMILES string of the molecule is C=C(C(=O)O)C(F)(F)C(F)(F)C(F)(F)C(F)(F)C(F)(F)CCC(F)(F)F. The Hall–Kier alpha value is -1.70. The van der Waals surface area contributed by atoms with Crippen molar-refractivity contribution >= 4 is 5.97 Å². The minimum absolute atomic E-state index is 1.77. The molecule has 0 saturated heterocycles. The molecule has 0 saturated carbocycles. The highest BCUT2D eigenvalue weighted by molar-refractivity contribution is 5.88. The molecule has 1 N–H and O–H groups in total. The lowest BCUT2D eigenvalue weighted by Crippen LogP contribution is -2.67. The molecule has 0 aliphatic heterocycles. The molecular weight excluding hydrogens is 411 g/mol. The maximum Gasteiger partial charge on any atom is 0.389 e. The van der Waals surface area contributed by atoms with Crippen molar-refractivity contribution in [1.82, 2.24) is 0 Å². The van der Waals surface area contributed by atoms with E-state index < -0.39 is 60.2 Å². The van der Waals surface area contributed by atoms with Crippen LogP contribution in [0.2, 0.25) is 0 Å². The van der Waals surface area contributed by atoms with E-state index in [-0.39, 0.29) is 0 Å². The summed E-state index contributed by atoms with van der Waals surface area (Å²) in [6.45, 7) is 1.77. The van der Waals surface area contributed by atoms with Crippen molar-refractivity contribution in [2.75, 3.05) is 0 Å². The molecule has 0 aliphatic rings. The van der Waals surface area contributed by atoms with E-state index in [4.69, 9.17) is 5.11 Å². The van der Waals surface area contributed by atoms with Crippen LogP contribution in [0.25, 0.3) is 0 Å². The third kappa shape index (κ3) is 3.84. The van der Waals surface area contributed by atoms with E-state index in [2.05, 4.69) is 0 Å². The molecule has 0 aliphatic carbocycles. The largest absolute Gasteiger partial charge is 0.478 e. The van der Waals surface area contributed by atoms with Crippen LogP contribution in [0, 0.1) is 0 Å². The van der Waals surface area contributed by atoms with Gasteiger partial charge >= 0.3 is 41.8 Å². The predicted octanol–water partition coefficient (Wildman–Crippen LogP) is 5.15. The average molecular weight is 418 g/mol. The Morgan fingerprint density at radius 3 is 1.38 bits per heavy atom. The Kier molecular flexibility index (Phi) is 6.05. The first-order valence-corrected chi connectivity index (χ1v) is 5.95. The second kappa shape index (κ2) is 6.48. The van der Waals surface area contributed by atoms with Crippen molar-refractivity contribution in [3.05, 3.63) is 12.2 Å². The van der Waals surface area contributed by atoms with Crippen LogP contribution in [0.3, 0.4) is 0 Å². The summed E-state index contributed by atoms with van der Waals surface area (Å²) in [5, 5.41) is 8.06. The van der Waals surface area contributed by atoms with Crippen LogP contribution in [-0.2, 0) is 4.79 Å². The van der Waals surface area contributed by atoms with Crippen LogP contribution < -0.4 is 0 Å². The van der Waals surface area contributed by atoms with Gasteiger partial charge in [0, 0.05) is 12.8 Å². The maximum atomic E-state index is 13.2. The molecule has 0 heterocycles. The molecule has 0 radical (unpaired) electrons. The predicted molar refractivity (Wildman–Crippen MR) is 56.8 cm³/mol. The first kappa shape index (κ1) is 24.3. The Morgan fingerprint density at radius 2 is 1.08 bits per heavy atom. The van der Waals surface area contributed by atoms with E-state index in [0.29, 0.717) is 0 Å². The number of carboxylic acid groups (broad SMARTS) is 1. The maximum absolute atomic E-state index is 13.2. The summed E-state index contributed by atoms with van der Waals surface area (Å²) >= 11 is 0. The fourth-order valence-electron chi connectivity index (χ4n) is 1.40. The van der Waals surface area contributed by atoms with E-state index in [0.717, 1.165) is 0 Å². The summed E-state index contributed by atoms with van der Waals surface area (Å²) < 4.78 is 167. The third-order valence-corrected chi connectivity index (χ3v) is 3.00. The van der Waals surface area contributed by atoms with Gasteiger partial charge in [0.15, 0.2) is 0 Å². The van der Waals surface area contributed by atoms with Gasteiger partial charge in [0.1, 0.15) is 5.57 Å². The first-order valence-electron chi connectivity index (χ1n) is 5.95. The van der Waals surface area contributed by atoms with Gasteiger partial charge in [0.05, 0.1) is 0 Å². The molecular formula is C11H7F13O2. The van der Waals surface area contributed by atoms with Gasteiger partial charge in [-0.3, -0.25) is 0 Å². The van der Waals surface area contributed by atoms with Crippen LogP contribution in [0.15, 0.2) is 12.2 Å². The van der Waals surface area contributed by atoms with Gasteiger partial charge in [-0.1, -0.05) is 6.58 Å². The number of halogens is 13. The zero-order valence-electron chi connectivity index (χ0n) is 11.9. The standard InChI is InChI=1S/C11H7F13O2/c1-4(5(25)26)8(17,18)10(21,22)11(23,24)9(19,20)6(12,13)2-3-7(14,15)16/h1-3H2,(H,25,26). The minimum atomic E-state index is -7.66. The van der Waals surface area contributed by atoms with Crippen LogP contribution in [0.1, 0.15) is 12.8 Å². The number of hydrogen-bond donors (Lipinski definition) is 1. The molecule has 0 aromatic heterocycles. The molecule has 0 rings (SSSR count). The van der Waals surface area contributed by atoms with E-state index >= 15 is 0 Å². The van der Waals surface area contributed by atoms with Crippen molar-refractivity contribution in [2.24, 2.45) is 0 Å². The van der Waals surface area contributed by atoms with Gasteiger partial charge in [-0.2, -0.15) is 57.1 Å². The Balaban J connectivity index is 6.09. The normalized spacial score (nSPS) is 15.1. The molecule has 0 atom stereocenters. The topological polar surface area (TPSA) is 37.3 Å². The molecule has 0 spiro atoms. The summed E-state index contributed by atoms with van der Waals surface area (Å²) in [7, 11) is 0. The smallest absolute Gasteiger partial charge is 0.389 e. The number of carboxylic acids is 1. The third-order valence-electron chi connectivity index (χ3n) is 3.00. The molecule has 0 aromatic rings. The van der Waals surface area contributed by atoms with Crippen LogP contribution in [-0.4, -0.2) is 46.9 Å². The molecule has 0 bridgehead atoms. The summed E-state index contributed by atoms with van der Waals surface area (Å²) in [5.41, 5.74) is -3.03.